The van der Waals surface area contributed by atoms with Crippen LogP contribution < -0.4 is 10.1 Å². The van der Waals surface area contributed by atoms with Crippen molar-refractivity contribution in [2.24, 2.45) is 0 Å². The summed E-state index contributed by atoms with van der Waals surface area (Å²) < 4.78 is 5.79. The summed E-state index contributed by atoms with van der Waals surface area (Å²) in [6, 6.07) is 17.9. The number of hydrogen-bond donors (Lipinski definition) is 1. The van der Waals surface area contributed by atoms with Crippen LogP contribution in [0.2, 0.25) is 0 Å². The zero-order chi connectivity index (χ0) is 19.2. The lowest BCUT2D eigenvalue weighted by molar-refractivity contribution is -0.117. The minimum atomic E-state index is 0.0522. The molecule has 0 aromatic heterocycles. The molecule has 1 amide bonds. The molecular weight excluding hydrogens is 350 g/mol. The van der Waals surface area contributed by atoms with Gasteiger partial charge in [-0.25, -0.2) is 0 Å². The smallest absolute Gasteiger partial charge is 0.238 e. The average molecular weight is 380 g/mol. The first kappa shape index (κ1) is 19.0. The first-order valence-electron chi connectivity index (χ1n) is 10.4. The second kappa shape index (κ2) is 9.22. The number of nitrogens with one attached hydrogen (secondary N) is 1. The highest BCUT2D eigenvalue weighted by Gasteiger charge is 2.26. The van der Waals surface area contributed by atoms with Gasteiger partial charge in [0.15, 0.2) is 0 Å². The topological polar surface area (TPSA) is 44.8 Å². The number of hydrogen-bond acceptors (Lipinski definition) is 4. The van der Waals surface area contributed by atoms with Crippen LogP contribution in [-0.4, -0.2) is 54.5 Å². The third kappa shape index (κ3) is 5.12. The maximum Gasteiger partial charge on any atom is 0.238 e. The quantitative estimate of drug-likeness (QED) is 0.825. The van der Waals surface area contributed by atoms with Gasteiger partial charge in [-0.3, -0.25) is 9.69 Å². The van der Waals surface area contributed by atoms with Crippen LogP contribution in [0.15, 0.2) is 54.6 Å². The average Bonchev–Trinajstić information content (AvgIpc) is 3.26. The molecule has 0 aliphatic carbocycles. The molecule has 0 radical (unpaired) electrons. The van der Waals surface area contributed by atoms with Gasteiger partial charge < -0.3 is 15.0 Å². The number of piperidine rings is 1. The molecule has 0 bridgehead atoms. The molecule has 4 rings (SSSR count). The minimum Gasteiger partial charge on any atom is -0.457 e. The Morgan fingerprint density at radius 3 is 2.21 bits per heavy atom. The van der Waals surface area contributed by atoms with E-state index in [0.29, 0.717) is 6.54 Å². The number of rotatable bonds is 6. The van der Waals surface area contributed by atoms with Gasteiger partial charge in [0.25, 0.3) is 0 Å². The number of nitrogens with zero attached hydrogens (tertiary/aromatic N) is 2. The summed E-state index contributed by atoms with van der Waals surface area (Å²) in [5, 5.41) is 3.00. The Kier molecular flexibility index (Phi) is 6.24. The van der Waals surface area contributed by atoms with Crippen LogP contribution in [0, 0.1) is 0 Å². The summed E-state index contributed by atoms with van der Waals surface area (Å²) in [6.07, 6.45) is 5.05. The molecule has 0 saturated carbocycles. The van der Waals surface area contributed by atoms with Crippen LogP contribution in [0.3, 0.4) is 0 Å². The molecule has 5 nitrogen and oxygen atoms in total. The SMILES string of the molecule is O=C(CN1CCC(N2CCCC2)CC1)Nc1ccc(Oc2ccccc2)cc1. The fraction of sp³-hybridized carbons (Fsp3) is 0.435. The largest absolute Gasteiger partial charge is 0.457 e. The lowest BCUT2D eigenvalue weighted by Gasteiger charge is -2.36. The Labute approximate surface area is 167 Å². The van der Waals surface area contributed by atoms with Crippen molar-refractivity contribution in [1.82, 2.24) is 9.80 Å². The maximum atomic E-state index is 12.4. The number of anilines is 1. The van der Waals surface area contributed by atoms with Crippen molar-refractivity contribution in [2.45, 2.75) is 31.7 Å². The lowest BCUT2D eigenvalue weighted by Crippen LogP contribution is -2.45. The van der Waals surface area contributed by atoms with E-state index in [4.69, 9.17) is 4.74 Å². The number of carbonyl (C=O) groups excluding carboxylic acids is 1. The molecule has 2 heterocycles. The van der Waals surface area contributed by atoms with Gasteiger partial charge in [0.2, 0.25) is 5.91 Å². The Morgan fingerprint density at radius 2 is 1.54 bits per heavy atom. The predicted molar refractivity (Wildman–Crippen MR) is 112 cm³/mol. The highest BCUT2D eigenvalue weighted by atomic mass is 16.5. The van der Waals surface area contributed by atoms with Crippen LogP contribution in [0.25, 0.3) is 0 Å². The fourth-order valence-electron chi connectivity index (χ4n) is 4.18. The van der Waals surface area contributed by atoms with Crippen LogP contribution in [0.5, 0.6) is 11.5 Å². The first-order chi connectivity index (χ1) is 13.8. The second-order valence-electron chi connectivity index (χ2n) is 7.74. The number of likely N-dealkylation sites (tertiary alicyclic amines) is 2. The Balaban J connectivity index is 1.22. The van der Waals surface area contributed by atoms with E-state index in [9.17, 15) is 4.79 Å². The van der Waals surface area contributed by atoms with Crippen molar-refractivity contribution in [3.8, 4) is 11.5 Å². The normalized spacial score (nSPS) is 18.9. The van der Waals surface area contributed by atoms with Crippen molar-refractivity contribution < 1.29 is 9.53 Å². The molecule has 2 aliphatic rings. The van der Waals surface area contributed by atoms with Crippen LogP contribution in [0.4, 0.5) is 5.69 Å². The van der Waals surface area contributed by atoms with Gasteiger partial charge >= 0.3 is 0 Å². The summed E-state index contributed by atoms with van der Waals surface area (Å²) in [5.41, 5.74) is 0.803. The summed E-state index contributed by atoms with van der Waals surface area (Å²) in [7, 11) is 0. The molecule has 0 spiro atoms. The van der Waals surface area contributed by atoms with E-state index in [1.165, 1.54) is 38.8 Å². The number of amides is 1. The van der Waals surface area contributed by atoms with E-state index in [-0.39, 0.29) is 5.91 Å². The van der Waals surface area contributed by atoms with Crippen molar-refractivity contribution >= 4 is 11.6 Å². The zero-order valence-corrected chi connectivity index (χ0v) is 16.3. The molecule has 2 aromatic rings. The van der Waals surface area contributed by atoms with Crippen molar-refractivity contribution in [2.75, 3.05) is 38.0 Å². The standard InChI is InChI=1S/C23H29N3O2/c27-23(18-25-16-12-20(13-17-25)26-14-4-5-15-26)24-19-8-10-22(11-9-19)28-21-6-2-1-3-7-21/h1-3,6-11,20H,4-5,12-18H2,(H,24,27). The Morgan fingerprint density at radius 1 is 0.893 bits per heavy atom. The molecule has 28 heavy (non-hydrogen) atoms. The third-order valence-corrected chi connectivity index (χ3v) is 5.70. The summed E-state index contributed by atoms with van der Waals surface area (Å²) in [6.45, 7) is 5.01. The zero-order valence-electron chi connectivity index (χ0n) is 16.3. The molecule has 2 saturated heterocycles. The maximum absolute atomic E-state index is 12.4. The summed E-state index contributed by atoms with van der Waals surface area (Å²) >= 11 is 0. The van der Waals surface area contributed by atoms with Crippen molar-refractivity contribution in [3.05, 3.63) is 54.6 Å². The van der Waals surface area contributed by atoms with Gasteiger partial charge in [-0.05, 0) is 75.2 Å². The van der Waals surface area contributed by atoms with Crippen LogP contribution >= 0.6 is 0 Å². The van der Waals surface area contributed by atoms with Gasteiger partial charge in [-0.15, -0.1) is 0 Å². The highest BCUT2D eigenvalue weighted by molar-refractivity contribution is 5.92. The fourth-order valence-corrected chi connectivity index (χ4v) is 4.18. The first-order valence-corrected chi connectivity index (χ1v) is 10.4. The number of carbonyl (C=O) groups is 1. The van der Waals surface area contributed by atoms with Crippen LogP contribution in [0.1, 0.15) is 25.7 Å². The van der Waals surface area contributed by atoms with E-state index in [2.05, 4.69) is 15.1 Å². The van der Waals surface area contributed by atoms with Gasteiger partial charge in [-0.1, -0.05) is 18.2 Å². The number of benzene rings is 2. The van der Waals surface area contributed by atoms with E-state index in [1.54, 1.807) is 0 Å². The molecule has 5 heteroatoms. The predicted octanol–water partition coefficient (Wildman–Crippen LogP) is 3.98. The highest BCUT2D eigenvalue weighted by Crippen LogP contribution is 2.23. The van der Waals surface area contributed by atoms with Gasteiger partial charge in [0.1, 0.15) is 11.5 Å². The molecule has 2 aromatic carbocycles. The number of para-hydroxylation sites is 1. The van der Waals surface area contributed by atoms with E-state index >= 15 is 0 Å². The molecule has 1 N–H and O–H groups in total. The molecular formula is C23H29N3O2. The Hall–Kier alpha value is -2.37. The van der Waals surface area contributed by atoms with Gasteiger partial charge in [-0.2, -0.15) is 0 Å². The number of ether oxygens (including phenoxy) is 1. The minimum absolute atomic E-state index is 0.0522. The van der Waals surface area contributed by atoms with Crippen molar-refractivity contribution in [1.29, 1.82) is 0 Å². The van der Waals surface area contributed by atoms with Crippen LogP contribution in [-0.2, 0) is 4.79 Å². The summed E-state index contributed by atoms with van der Waals surface area (Å²) in [4.78, 5) is 17.3. The molecule has 2 aliphatic heterocycles. The second-order valence-corrected chi connectivity index (χ2v) is 7.74. The van der Waals surface area contributed by atoms with Gasteiger partial charge in [0.05, 0.1) is 6.54 Å². The van der Waals surface area contributed by atoms with Gasteiger partial charge in [0, 0.05) is 24.8 Å². The molecule has 148 valence electrons. The molecule has 0 atom stereocenters. The third-order valence-electron chi connectivity index (χ3n) is 5.70. The molecule has 2 fully saturated rings. The monoisotopic (exact) mass is 379 g/mol. The Bertz CT molecular complexity index is 749. The summed E-state index contributed by atoms with van der Waals surface area (Å²) in [5.74, 6) is 1.61. The van der Waals surface area contributed by atoms with E-state index in [0.717, 1.165) is 36.3 Å². The van der Waals surface area contributed by atoms with Crippen molar-refractivity contribution in [3.63, 3.8) is 0 Å². The van der Waals surface area contributed by atoms with E-state index in [1.807, 2.05) is 54.6 Å². The lowest BCUT2D eigenvalue weighted by atomic mass is 10.0. The molecule has 0 unspecified atom stereocenters. The van der Waals surface area contributed by atoms with E-state index < -0.39 is 0 Å².